The summed E-state index contributed by atoms with van der Waals surface area (Å²) >= 11 is 0. The molecule has 0 aromatic heterocycles. The quantitative estimate of drug-likeness (QED) is 0.542. The summed E-state index contributed by atoms with van der Waals surface area (Å²) in [5.74, 6) is 0.434. The summed E-state index contributed by atoms with van der Waals surface area (Å²) in [4.78, 5) is 0. The smallest absolute Gasteiger partial charge is 0.150 e. The van der Waals surface area contributed by atoms with Crippen molar-refractivity contribution >= 4 is 9.84 Å². The fourth-order valence-corrected chi connectivity index (χ4v) is 2.70. The Labute approximate surface area is 66.9 Å². The third-order valence-corrected chi connectivity index (χ3v) is 3.74. The lowest BCUT2D eigenvalue weighted by Gasteiger charge is -1.99. The molecule has 1 aliphatic rings. The van der Waals surface area contributed by atoms with Gasteiger partial charge in [0.2, 0.25) is 0 Å². The number of hydrogen-bond donors (Lipinski definition) is 0. The molecule has 3 nitrogen and oxygen atoms in total. The zero-order valence-electron chi connectivity index (χ0n) is 6.28. The summed E-state index contributed by atoms with van der Waals surface area (Å²) in [5, 5.41) is 8.54. The van der Waals surface area contributed by atoms with Gasteiger partial charge in [0, 0.05) is 5.92 Å². The molecule has 1 fully saturated rings. The third kappa shape index (κ3) is 2.51. The van der Waals surface area contributed by atoms with Crippen molar-refractivity contribution in [3.63, 3.8) is 0 Å². The largest absolute Gasteiger partial charge is 0.229 e. The van der Waals surface area contributed by atoms with Crippen LogP contribution in [0.5, 0.6) is 0 Å². The zero-order valence-corrected chi connectivity index (χ0v) is 7.10. The highest BCUT2D eigenvalue weighted by atomic mass is 32.2. The van der Waals surface area contributed by atoms with Crippen LogP contribution in [0.15, 0.2) is 0 Å². The van der Waals surface area contributed by atoms with Gasteiger partial charge in [0.05, 0.1) is 17.6 Å². The highest BCUT2D eigenvalue weighted by molar-refractivity contribution is 7.91. The average Bonchev–Trinajstić information content (AvgIpc) is 2.10. The molecule has 0 aromatic rings. The van der Waals surface area contributed by atoms with E-state index in [1.54, 1.807) is 0 Å². The van der Waals surface area contributed by atoms with Gasteiger partial charge < -0.3 is 0 Å². The molecule has 0 saturated carbocycles. The first-order chi connectivity index (χ1) is 5.14. The van der Waals surface area contributed by atoms with Gasteiger partial charge in [0.1, 0.15) is 9.84 Å². The third-order valence-electron chi connectivity index (χ3n) is 1.97. The predicted octanol–water partition coefficient (Wildman–Crippen LogP) is 0.725. The Morgan fingerprint density at radius 1 is 1.27 bits per heavy atom. The van der Waals surface area contributed by atoms with Crippen LogP contribution in [-0.4, -0.2) is 19.9 Å². The first-order valence-corrected chi connectivity index (χ1v) is 5.56. The zero-order chi connectivity index (χ0) is 8.32. The predicted molar refractivity (Wildman–Crippen MR) is 41.6 cm³/mol. The van der Waals surface area contributed by atoms with Gasteiger partial charge >= 0.3 is 0 Å². The maximum atomic E-state index is 11.0. The minimum absolute atomic E-state index is 0.0349. The molecule has 0 aliphatic carbocycles. The van der Waals surface area contributed by atoms with Crippen molar-refractivity contribution in [3.8, 4) is 6.07 Å². The molecule has 0 N–H and O–H groups in total. The maximum absolute atomic E-state index is 11.0. The normalized spacial score (nSPS) is 30.3. The number of nitrogens with zero attached hydrogens (tertiary/aromatic N) is 1. The Balaban J connectivity index is 2.61. The first kappa shape index (κ1) is 8.54. The van der Waals surface area contributed by atoms with Crippen LogP contribution in [0.25, 0.3) is 0 Å². The van der Waals surface area contributed by atoms with E-state index in [0.29, 0.717) is 12.8 Å². The lowest BCUT2D eigenvalue weighted by atomic mass is 10.0. The average molecular weight is 173 g/mol. The van der Waals surface area contributed by atoms with Crippen LogP contribution in [0, 0.1) is 17.2 Å². The Morgan fingerprint density at radius 3 is 2.64 bits per heavy atom. The van der Waals surface area contributed by atoms with Gasteiger partial charge in [0.15, 0.2) is 0 Å². The van der Waals surface area contributed by atoms with E-state index < -0.39 is 9.84 Å². The number of rotatable bonds is 0. The summed E-state index contributed by atoms with van der Waals surface area (Å²) in [6.45, 7) is 0. The van der Waals surface area contributed by atoms with Crippen LogP contribution in [-0.2, 0) is 9.84 Å². The van der Waals surface area contributed by atoms with Gasteiger partial charge in [-0.15, -0.1) is 0 Å². The van der Waals surface area contributed by atoms with Gasteiger partial charge in [-0.1, -0.05) is 0 Å². The van der Waals surface area contributed by atoms with Crippen LogP contribution in [0.3, 0.4) is 0 Å². The van der Waals surface area contributed by atoms with E-state index in [1.165, 1.54) is 0 Å². The highest BCUT2D eigenvalue weighted by Gasteiger charge is 2.20. The maximum Gasteiger partial charge on any atom is 0.150 e. The summed E-state index contributed by atoms with van der Waals surface area (Å²) in [5.41, 5.74) is 0. The van der Waals surface area contributed by atoms with Crippen molar-refractivity contribution in [1.82, 2.24) is 0 Å². The van der Waals surface area contributed by atoms with Gasteiger partial charge in [0.25, 0.3) is 0 Å². The summed E-state index contributed by atoms with van der Waals surface area (Å²) in [6, 6.07) is 2.12. The van der Waals surface area contributed by atoms with Crippen LogP contribution >= 0.6 is 0 Å². The van der Waals surface area contributed by atoms with Crippen molar-refractivity contribution in [3.05, 3.63) is 0 Å². The molecule has 1 aliphatic heterocycles. The molecule has 62 valence electrons. The fraction of sp³-hybridized carbons (Fsp3) is 0.857. The molecular weight excluding hydrogens is 162 g/mol. The lowest BCUT2D eigenvalue weighted by molar-refractivity contribution is 0.587. The summed E-state index contributed by atoms with van der Waals surface area (Å²) < 4.78 is 22.0. The molecule has 0 spiro atoms. The monoisotopic (exact) mass is 173 g/mol. The second-order valence-electron chi connectivity index (χ2n) is 2.91. The van der Waals surface area contributed by atoms with Gasteiger partial charge in [-0.05, 0) is 19.3 Å². The van der Waals surface area contributed by atoms with E-state index >= 15 is 0 Å². The van der Waals surface area contributed by atoms with Crippen molar-refractivity contribution in [2.45, 2.75) is 19.3 Å². The number of hydrogen-bond acceptors (Lipinski definition) is 3. The molecule has 1 saturated heterocycles. The van der Waals surface area contributed by atoms with Crippen LogP contribution < -0.4 is 0 Å². The first-order valence-electron chi connectivity index (χ1n) is 3.74. The molecule has 0 bridgehead atoms. The van der Waals surface area contributed by atoms with E-state index in [4.69, 9.17) is 5.26 Å². The van der Waals surface area contributed by atoms with Crippen LogP contribution in [0.4, 0.5) is 0 Å². The molecule has 11 heavy (non-hydrogen) atoms. The SMILES string of the molecule is N#CC1CCCS(=O)(=O)CC1. The minimum atomic E-state index is -2.81. The summed E-state index contributed by atoms with van der Waals surface area (Å²) in [6.07, 6.45) is 1.93. The Hall–Kier alpha value is -0.560. The van der Waals surface area contributed by atoms with Crippen molar-refractivity contribution < 1.29 is 8.42 Å². The second-order valence-corrected chi connectivity index (χ2v) is 5.21. The van der Waals surface area contributed by atoms with E-state index in [-0.39, 0.29) is 17.4 Å². The standard InChI is InChI=1S/C7H11NO2S/c8-6-7-2-1-4-11(9,10)5-3-7/h7H,1-5H2. The van der Waals surface area contributed by atoms with Gasteiger partial charge in [-0.3, -0.25) is 0 Å². The van der Waals surface area contributed by atoms with Gasteiger partial charge in [-0.2, -0.15) is 5.26 Å². The molecular formula is C7H11NO2S. The van der Waals surface area contributed by atoms with E-state index in [9.17, 15) is 8.42 Å². The van der Waals surface area contributed by atoms with Crippen molar-refractivity contribution in [1.29, 1.82) is 5.26 Å². The lowest BCUT2D eigenvalue weighted by Crippen LogP contribution is -2.08. The van der Waals surface area contributed by atoms with E-state index in [1.807, 2.05) is 0 Å². The van der Waals surface area contributed by atoms with E-state index in [0.717, 1.165) is 6.42 Å². The Kier molecular flexibility index (Phi) is 2.50. The topological polar surface area (TPSA) is 57.9 Å². The van der Waals surface area contributed by atoms with Crippen molar-refractivity contribution in [2.24, 2.45) is 5.92 Å². The second kappa shape index (κ2) is 3.22. The van der Waals surface area contributed by atoms with Crippen LogP contribution in [0.1, 0.15) is 19.3 Å². The number of sulfone groups is 1. The molecule has 1 atom stereocenters. The summed E-state index contributed by atoms with van der Waals surface area (Å²) in [7, 11) is -2.81. The van der Waals surface area contributed by atoms with Crippen molar-refractivity contribution in [2.75, 3.05) is 11.5 Å². The molecule has 0 aromatic carbocycles. The Morgan fingerprint density at radius 2 is 2.00 bits per heavy atom. The molecule has 1 rings (SSSR count). The molecule has 1 unspecified atom stereocenters. The van der Waals surface area contributed by atoms with E-state index in [2.05, 4.69) is 6.07 Å². The molecule has 1 heterocycles. The Bertz CT molecular complexity index is 263. The molecule has 0 radical (unpaired) electrons. The minimum Gasteiger partial charge on any atom is -0.229 e. The molecule has 4 heteroatoms. The highest BCUT2D eigenvalue weighted by Crippen LogP contribution is 2.17. The van der Waals surface area contributed by atoms with Crippen LogP contribution in [0.2, 0.25) is 0 Å². The molecule has 0 amide bonds. The number of nitriles is 1. The fourth-order valence-electron chi connectivity index (χ4n) is 1.25. The van der Waals surface area contributed by atoms with Gasteiger partial charge in [-0.25, -0.2) is 8.42 Å².